The van der Waals surface area contributed by atoms with Crippen LogP contribution in [0, 0.1) is 6.92 Å². The molecule has 7 heteroatoms. The number of nitrogens with zero attached hydrogens (tertiary/aromatic N) is 2. The van der Waals surface area contributed by atoms with Crippen LogP contribution in [0.25, 0.3) is 0 Å². The standard InChI is InChI=1S/C16H19N3O3S/c1-11-4-5-14(10-18-11)16(20)19(3)12(2)13-6-8-15(9-7-13)23(17,21)22/h4-10,12H,1-3H3,(H2,17,21,22)/t12-/m0/s1. The van der Waals surface area contributed by atoms with E-state index in [0.29, 0.717) is 5.56 Å². The van der Waals surface area contributed by atoms with Crippen molar-refractivity contribution in [2.75, 3.05) is 7.05 Å². The van der Waals surface area contributed by atoms with E-state index in [4.69, 9.17) is 5.14 Å². The fraction of sp³-hybridized carbons (Fsp3) is 0.250. The van der Waals surface area contributed by atoms with E-state index in [1.165, 1.54) is 12.1 Å². The van der Waals surface area contributed by atoms with Crippen LogP contribution in [-0.2, 0) is 10.0 Å². The van der Waals surface area contributed by atoms with E-state index in [1.807, 2.05) is 13.8 Å². The molecule has 1 heterocycles. The van der Waals surface area contributed by atoms with Crippen molar-refractivity contribution < 1.29 is 13.2 Å². The average molecular weight is 333 g/mol. The lowest BCUT2D eigenvalue weighted by molar-refractivity contribution is 0.0742. The summed E-state index contributed by atoms with van der Waals surface area (Å²) < 4.78 is 22.5. The monoisotopic (exact) mass is 333 g/mol. The number of carbonyl (C=O) groups excluding carboxylic acids is 1. The lowest BCUT2D eigenvalue weighted by atomic mass is 10.1. The molecule has 2 N–H and O–H groups in total. The molecule has 0 saturated carbocycles. The van der Waals surface area contributed by atoms with Crippen molar-refractivity contribution in [3.8, 4) is 0 Å². The van der Waals surface area contributed by atoms with Gasteiger partial charge in [0.15, 0.2) is 0 Å². The Hall–Kier alpha value is -2.25. The summed E-state index contributed by atoms with van der Waals surface area (Å²) in [4.78, 5) is 18.2. The highest BCUT2D eigenvalue weighted by Gasteiger charge is 2.19. The third-order valence-corrected chi connectivity index (χ3v) is 4.68. The van der Waals surface area contributed by atoms with Gasteiger partial charge in [-0.3, -0.25) is 9.78 Å². The Labute approximate surface area is 136 Å². The van der Waals surface area contributed by atoms with Gasteiger partial charge in [-0.15, -0.1) is 0 Å². The Kier molecular flexibility index (Phi) is 4.82. The van der Waals surface area contributed by atoms with Crippen LogP contribution in [-0.4, -0.2) is 31.3 Å². The lowest BCUT2D eigenvalue weighted by Gasteiger charge is -2.25. The van der Waals surface area contributed by atoms with Gasteiger partial charge in [0.25, 0.3) is 5.91 Å². The number of pyridine rings is 1. The van der Waals surface area contributed by atoms with Crippen LogP contribution in [0.2, 0.25) is 0 Å². The van der Waals surface area contributed by atoms with Gasteiger partial charge in [0.1, 0.15) is 0 Å². The van der Waals surface area contributed by atoms with Gasteiger partial charge in [-0.2, -0.15) is 0 Å². The second kappa shape index (κ2) is 6.47. The van der Waals surface area contributed by atoms with Crippen molar-refractivity contribution in [2.45, 2.75) is 24.8 Å². The first-order valence-corrected chi connectivity index (χ1v) is 8.57. The first-order chi connectivity index (χ1) is 10.7. The zero-order valence-corrected chi connectivity index (χ0v) is 14.0. The third-order valence-electron chi connectivity index (χ3n) is 3.75. The number of primary sulfonamides is 1. The highest BCUT2D eigenvalue weighted by Crippen LogP contribution is 2.22. The second-order valence-electron chi connectivity index (χ2n) is 5.39. The van der Waals surface area contributed by atoms with Crippen molar-refractivity contribution in [2.24, 2.45) is 5.14 Å². The number of carbonyl (C=O) groups is 1. The molecular weight excluding hydrogens is 314 g/mol. The van der Waals surface area contributed by atoms with Crippen molar-refractivity contribution in [3.05, 3.63) is 59.4 Å². The Morgan fingerprint density at radius 1 is 1.17 bits per heavy atom. The van der Waals surface area contributed by atoms with Gasteiger partial charge in [-0.25, -0.2) is 13.6 Å². The summed E-state index contributed by atoms with van der Waals surface area (Å²) in [5, 5.41) is 5.08. The van der Waals surface area contributed by atoms with Crippen LogP contribution in [0.1, 0.15) is 34.6 Å². The van der Waals surface area contributed by atoms with Crippen molar-refractivity contribution in [1.29, 1.82) is 0 Å². The van der Waals surface area contributed by atoms with E-state index in [9.17, 15) is 13.2 Å². The van der Waals surface area contributed by atoms with Crippen LogP contribution in [0.4, 0.5) is 0 Å². The van der Waals surface area contributed by atoms with Crippen LogP contribution < -0.4 is 5.14 Å². The number of benzene rings is 1. The molecule has 1 aromatic carbocycles. The SMILES string of the molecule is Cc1ccc(C(=O)N(C)[C@@H](C)c2ccc(S(N)(=O)=O)cc2)cn1. The Bertz CT molecular complexity index is 799. The van der Waals surface area contributed by atoms with Crippen LogP contribution >= 0.6 is 0 Å². The zero-order valence-electron chi connectivity index (χ0n) is 13.2. The molecule has 0 aliphatic rings. The number of hydrogen-bond acceptors (Lipinski definition) is 4. The van der Waals surface area contributed by atoms with E-state index in [-0.39, 0.29) is 16.8 Å². The number of aryl methyl sites for hydroxylation is 1. The van der Waals surface area contributed by atoms with E-state index in [0.717, 1.165) is 11.3 Å². The summed E-state index contributed by atoms with van der Waals surface area (Å²) in [6, 6.07) is 9.48. The highest BCUT2D eigenvalue weighted by atomic mass is 32.2. The summed E-state index contributed by atoms with van der Waals surface area (Å²) in [5.74, 6) is -0.152. The molecule has 0 radical (unpaired) electrons. The Morgan fingerprint density at radius 3 is 2.26 bits per heavy atom. The van der Waals surface area contributed by atoms with Crippen LogP contribution in [0.5, 0.6) is 0 Å². The molecule has 122 valence electrons. The minimum Gasteiger partial charge on any atom is -0.335 e. The number of hydrogen-bond donors (Lipinski definition) is 1. The molecule has 6 nitrogen and oxygen atoms in total. The third kappa shape index (κ3) is 3.94. The molecule has 0 unspecified atom stereocenters. The molecule has 23 heavy (non-hydrogen) atoms. The summed E-state index contributed by atoms with van der Waals surface area (Å²) in [6.45, 7) is 3.72. The molecule has 0 spiro atoms. The molecule has 1 aromatic heterocycles. The molecule has 0 bridgehead atoms. The first-order valence-electron chi connectivity index (χ1n) is 7.02. The Balaban J connectivity index is 2.20. The maximum Gasteiger partial charge on any atom is 0.255 e. The maximum absolute atomic E-state index is 12.5. The van der Waals surface area contributed by atoms with E-state index in [2.05, 4.69) is 4.98 Å². The summed E-state index contributed by atoms with van der Waals surface area (Å²) >= 11 is 0. The van der Waals surface area contributed by atoms with Crippen molar-refractivity contribution in [3.63, 3.8) is 0 Å². The van der Waals surface area contributed by atoms with E-state index < -0.39 is 10.0 Å². The van der Waals surface area contributed by atoms with Gasteiger partial charge >= 0.3 is 0 Å². The van der Waals surface area contributed by atoms with Crippen LogP contribution in [0.15, 0.2) is 47.5 Å². The summed E-state index contributed by atoms with van der Waals surface area (Å²) in [5.41, 5.74) is 2.16. The topological polar surface area (TPSA) is 93.4 Å². The molecular formula is C16H19N3O3S. The largest absolute Gasteiger partial charge is 0.335 e. The molecule has 0 saturated heterocycles. The van der Waals surface area contributed by atoms with Gasteiger partial charge in [-0.05, 0) is 43.7 Å². The summed E-state index contributed by atoms with van der Waals surface area (Å²) in [6.07, 6.45) is 1.55. The van der Waals surface area contributed by atoms with Gasteiger partial charge in [0.2, 0.25) is 10.0 Å². The van der Waals surface area contributed by atoms with Crippen molar-refractivity contribution >= 4 is 15.9 Å². The minimum absolute atomic E-state index is 0.0464. The smallest absolute Gasteiger partial charge is 0.255 e. The number of nitrogens with two attached hydrogens (primary N) is 1. The molecule has 2 rings (SSSR count). The quantitative estimate of drug-likeness (QED) is 0.924. The van der Waals surface area contributed by atoms with E-state index >= 15 is 0 Å². The highest BCUT2D eigenvalue weighted by molar-refractivity contribution is 7.89. The molecule has 1 amide bonds. The lowest BCUT2D eigenvalue weighted by Crippen LogP contribution is -2.29. The first kappa shape index (κ1) is 17.1. The second-order valence-corrected chi connectivity index (χ2v) is 6.96. The van der Waals surface area contributed by atoms with Crippen LogP contribution in [0.3, 0.4) is 0 Å². The Morgan fingerprint density at radius 2 is 1.78 bits per heavy atom. The summed E-state index contributed by atoms with van der Waals surface area (Å²) in [7, 11) is -2.02. The molecule has 2 aromatic rings. The minimum atomic E-state index is -3.72. The predicted molar refractivity (Wildman–Crippen MR) is 87.3 cm³/mol. The number of rotatable bonds is 4. The van der Waals surface area contributed by atoms with Crippen molar-refractivity contribution in [1.82, 2.24) is 9.88 Å². The average Bonchev–Trinajstić information content (AvgIpc) is 2.53. The van der Waals surface area contributed by atoms with E-state index in [1.54, 1.807) is 42.4 Å². The zero-order chi connectivity index (χ0) is 17.2. The fourth-order valence-electron chi connectivity index (χ4n) is 2.13. The number of aromatic nitrogens is 1. The number of sulfonamides is 1. The van der Waals surface area contributed by atoms with Gasteiger partial charge in [-0.1, -0.05) is 12.1 Å². The predicted octanol–water partition coefficient (Wildman–Crippen LogP) is 1.87. The normalized spacial score (nSPS) is 12.7. The fourth-order valence-corrected chi connectivity index (χ4v) is 2.65. The molecule has 1 atom stereocenters. The number of amides is 1. The van der Waals surface area contributed by atoms with Gasteiger partial charge in [0.05, 0.1) is 16.5 Å². The van der Waals surface area contributed by atoms with Gasteiger partial charge in [0, 0.05) is 18.9 Å². The maximum atomic E-state index is 12.5. The van der Waals surface area contributed by atoms with Gasteiger partial charge < -0.3 is 4.90 Å². The molecule has 0 aliphatic carbocycles. The molecule has 0 aliphatic heterocycles. The molecule has 0 fully saturated rings.